The molecule has 1 amide bonds. The number of fused-ring (bicyclic) bond motifs is 2. The number of carbonyl (C=O) groups excluding carboxylic acids is 1. The quantitative estimate of drug-likeness (QED) is 0.782. The van der Waals surface area contributed by atoms with Crippen LogP contribution in [0.4, 0.5) is 19.0 Å². The number of amides is 1. The molecule has 1 aromatic heterocycles. The van der Waals surface area contributed by atoms with Crippen LogP contribution < -0.4 is 4.90 Å². The lowest BCUT2D eigenvalue weighted by Gasteiger charge is -2.36. The SMILES string of the molecule is O=C(N1CCN(c2nccc3c2C=C2N=CC=C2C3)CC1)C(F)(F)F. The number of carbonyl (C=O) groups is 1. The first-order chi connectivity index (χ1) is 11.9. The average Bonchev–Trinajstić information content (AvgIpc) is 3.05. The highest BCUT2D eigenvalue weighted by Gasteiger charge is 2.43. The summed E-state index contributed by atoms with van der Waals surface area (Å²) in [4.78, 5) is 22.9. The van der Waals surface area contributed by atoms with Crippen LogP contribution in [0.15, 0.2) is 34.6 Å². The first-order valence-corrected chi connectivity index (χ1v) is 7.98. The van der Waals surface area contributed by atoms with Gasteiger partial charge in [-0.25, -0.2) is 4.98 Å². The zero-order valence-electron chi connectivity index (χ0n) is 13.3. The Balaban J connectivity index is 1.55. The van der Waals surface area contributed by atoms with Gasteiger partial charge in [-0.15, -0.1) is 0 Å². The topological polar surface area (TPSA) is 48.8 Å². The highest BCUT2D eigenvalue weighted by Crippen LogP contribution is 2.35. The molecule has 130 valence electrons. The fourth-order valence-electron chi connectivity index (χ4n) is 3.36. The van der Waals surface area contributed by atoms with Crippen molar-refractivity contribution in [2.45, 2.75) is 12.6 Å². The third kappa shape index (κ3) is 2.81. The number of allylic oxidation sites excluding steroid dienone is 2. The van der Waals surface area contributed by atoms with Crippen LogP contribution in [-0.2, 0) is 11.2 Å². The van der Waals surface area contributed by atoms with Crippen LogP contribution in [0.1, 0.15) is 11.1 Å². The number of aromatic nitrogens is 1. The van der Waals surface area contributed by atoms with Gasteiger partial charge in [-0.3, -0.25) is 9.79 Å². The van der Waals surface area contributed by atoms with Crippen LogP contribution >= 0.6 is 0 Å². The first-order valence-electron chi connectivity index (χ1n) is 7.98. The molecule has 25 heavy (non-hydrogen) atoms. The molecule has 5 nitrogen and oxygen atoms in total. The summed E-state index contributed by atoms with van der Waals surface area (Å²) >= 11 is 0. The minimum Gasteiger partial charge on any atom is -0.353 e. The minimum atomic E-state index is -4.82. The highest BCUT2D eigenvalue weighted by atomic mass is 19.4. The molecular formula is C17H15F3N4O. The van der Waals surface area contributed by atoms with Crippen molar-refractivity contribution in [1.29, 1.82) is 0 Å². The van der Waals surface area contributed by atoms with Gasteiger partial charge in [0.2, 0.25) is 0 Å². The summed E-state index contributed by atoms with van der Waals surface area (Å²) in [6.07, 6.45) is 3.39. The van der Waals surface area contributed by atoms with Gasteiger partial charge < -0.3 is 9.80 Å². The summed E-state index contributed by atoms with van der Waals surface area (Å²) in [6, 6.07) is 1.95. The van der Waals surface area contributed by atoms with Gasteiger partial charge in [-0.2, -0.15) is 13.2 Å². The smallest absolute Gasteiger partial charge is 0.353 e. The van der Waals surface area contributed by atoms with Gasteiger partial charge in [0.15, 0.2) is 0 Å². The molecule has 0 bridgehead atoms. The number of rotatable bonds is 1. The molecule has 1 aromatic rings. The molecule has 0 unspecified atom stereocenters. The summed E-state index contributed by atoms with van der Waals surface area (Å²) in [5, 5.41) is 0. The Morgan fingerprint density at radius 1 is 1.16 bits per heavy atom. The molecule has 0 aromatic carbocycles. The third-order valence-corrected chi connectivity index (χ3v) is 4.65. The molecule has 0 saturated carbocycles. The molecule has 1 saturated heterocycles. The van der Waals surface area contributed by atoms with Crippen molar-refractivity contribution in [1.82, 2.24) is 9.88 Å². The predicted octanol–water partition coefficient (Wildman–Crippen LogP) is 2.20. The van der Waals surface area contributed by atoms with Gasteiger partial charge >= 0.3 is 12.1 Å². The van der Waals surface area contributed by atoms with E-state index in [1.807, 2.05) is 23.1 Å². The van der Waals surface area contributed by atoms with Crippen LogP contribution in [0, 0.1) is 0 Å². The third-order valence-electron chi connectivity index (χ3n) is 4.65. The van der Waals surface area contributed by atoms with E-state index in [0.717, 1.165) is 39.5 Å². The largest absolute Gasteiger partial charge is 0.471 e. The van der Waals surface area contributed by atoms with Crippen molar-refractivity contribution in [3.8, 4) is 0 Å². The Morgan fingerprint density at radius 2 is 1.92 bits per heavy atom. The maximum atomic E-state index is 12.6. The second-order valence-corrected chi connectivity index (χ2v) is 6.16. The fourth-order valence-corrected chi connectivity index (χ4v) is 3.36. The van der Waals surface area contributed by atoms with E-state index in [4.69, 9.17) is 0 Å². The number of anilines is 1. The van der Waals surface area contributed by atoms with Crippen LogP contribution in [0.25, 0.3) is 6.08 Å². The zero-order chi connectivity index (χ0) is 17.6. The number of aliphatic imine (C=N–C) groups is 1. The Bertz CT molecular complexity index is 818. The number of halogens is 3. The second kappa shape index (κ2) is 5.72. The van der Waals surface area contributed by atoms with Crippen LogP contribution in [-0.4, -0.2) is 54.4 Å². The maximum absolute atomic E-state index is 12.6. The van der Waals surface area contributed by atoms with E-state index in [2.05, 4.69) is 9.98 Å². The lowest BCUT2D eigenvalue weighted by Crippen LogP contribution is -2.52. The summed E-state index contributed by atoms with van der Waals surface area (Å²) in [5.74, 6) is -1.03. The summed E-state index contributed by atoms with van der Waals surface area (Å²) in [5.41, 5.74) is 4.15. The Labute approximate surface area is 142 Å². The second-order valence-electron chi connectivity index (χ2n) is 6.16. The molecule has 0 radical (unpaired) electrons. The molecule has 3 aliphatic rings. The predicted molar refractivity (Wildman–Crippen MR) is 87.3 cm³/mol. The fraction of sp³-hybridized carbons (Fsp3) is 0.353. The van der Waals surface area contributed by atoms with E-state index in [0.29, 0.717) is 13.1 Å². The van der Waals surface area contributed by atoms with Crippen molar-refractivity contribution in [2.24, 2.45) is 4.99 Å². The van der Waals surface area contributed by atoms with Crippen LogP contribution in [0.2, 0.25) is 0 Å². The summed E-state index contributed by atoms with van der Waals surface area (Å²) < 4.78 is 37.7. The van der Waals surface area contributed by atoms with Gasteiger partial charge in [-0.1, -0.05) is 0 Å². The molecule has 3 heterocycles. The molecular weight excluding hydrogens is 333 g/mol. The van der Waals surface area contributed by atoms with E-state index < -0.39 is 12.1 Å². The number of piperazine rings is 1. The Hall–Kier alpha value is -2.64. The Morgan fingerprint density at radius 3 is 2.64 bits per heavy atom. The van der Waals surface area contributed by atoms with Gasteiger partial charge in [0.1, 0.15) is 5.82 Å². The summed E-state index contributed by atoms with van der Waals surface area (Å²) in [7, 11) is 0. The van der Waals surface area contributed by atoms with E-state index in [9.17, 15) is 18.0 Å². The normalized spacial score (nSPS) is 19.3. The molecule has 0 N–H and O–H groups in total. The van der Waals surface area contributed by atoms with Crippen LogP contribution in [0.5, 0.6) is 0 Å². The zero-order valence-corrected chi connectivity index (χ0v) is 13.3. The lowest BCUT2D eigenvalue weighted by molar-refractivity contribution is -0.185. The van der Waals surface area contributed by atoms with E-state index >= 15 is 0 Å². The monoisotopic (exact) mass is 348 g/mol. The van der Waals surface area contributed by atoms with E-state index in [1.165, 1.54) is 0 Å². The standard InChI is InChI=1S/C17H15F3N4O/c18-17(19,20)16(25)24-7-5-23(6-8-24)15-13-10-14-12(2-3-21-14)9-11(13)1-4-22-15/h1-4,10H,5-9H2. The van der Waals surface area contributed by atoms with Crippen molar-refractivity contribution < 1.29 is 18.0 Å². The van der Waals surface area contributed by atoms with E-state index in [1.54, 1.807) is 12.4 Å². The molecule has 4 rings (SSSR count). The molecule has 0 spiro atoms. The maximum Gasteiger partial charge on any atom is 0.471 e. The Kier molecular flexibility index (Phi) is 3.63. The molecule has 0 atom stereocenters. The van der Waals surface area contributed by atoms with Crippen molar-refractivity contribution in [3.63, 3.8) is 0 Å². The summed E-state index contributed by atoms with van der Waals surface area (Å²) in [6.45, 7) is 0.702. The number of hydrogen-bond donors (Lipinski definition) is 0. The number of pyridine rings is 1. The molecule has 1 aliphatic carbocycles. The van der Waals surface area contributed by atoms with E-state index in [-0.39, 0.29) is 13.1 Å². The van der Waals surface area contributed by atoms with Gasteiger partial charge in [0.05, 0.1) is 5.70 Å². The van der Waals surface area contributed by atoms with Gasteiger partial charge in [0, 0.05) is 50.6 Å². The molecule has 8 heteroatoms. The highest BCUT2D eigenvalue weighted by molar-refractivity contribution is 5.86. The molecule has 2 aliphatic heterocycles. The van der Waals surface area contributed by atoms with Gasteiger partial charge in [-0.05, 0) is 29.4 Å². The van der Waals surface area contributed by atoms with Gasteiger partial charge in [0.25, 0.3) is 0 Å². The minimum absolute atomic E-state index is 0.0313. The van der Waals surface area contributed by atoms with Crippen molar-refractivity contribution in [2.75, 3.05) is 31.1 Å². The first kappa shape index (κ1) is 15.9. The van der Waals surface area contributed by atoms with Crippen molar-refractivity contribution >= 4 is 24.0 Å². The lowest BCUT2D eigenvalue weighted by atomic mass is 9.92. The number of hydrogen-bond acceptors (Lipinski definition) is 4. The van der Waals surface area contributed by atoms with Crippen LogP contribution in [0.3, 0.4) is 0 Å². The number of nitrogens with zero attached hydrogens (tertiary/aromatic N) is 4. The van der Waals surface area contributed by atoms with Crippen molar-refractivity contribution in [3.05, 3.63) is 40.7 Å². The molecule has 1 fully saturated rings. The number of alkyl halides is 3. The average molecular weight is 348 g/mol.